The van der Waals surface area contributed by atoms with E-state index in [1.807, 2.05) is 20.8 Å². The third kappa shape index (κ3) is 4.23. The number of benzene rings is 1. The Hall–Kier alpha value is -1.55. The number of halogens is 1. The van der Waals surface area contributed by atoms with E-state index in [0.717, 1.165) is 12.0 Å². The number of carbonyl (C=O) groups excluding carboxylic acids is 2. The summed E-state index contributed by atoms with van der Waals surface area (Å²) < 4.78 is 0. The SMILES string of the molecule is CCC(C)NC(=O)CN(C(C)=O)c1cccc(Cl)c1C. The largest absolute Gasteiger partial charge is 0.352 e. The van der Waals surface area contributed by atoms with Gasteiger partial charge in [-0.15, -0.1) is 0 Å². The molecule has 1 aromatic carbocycles. The van der Waals surface area contributed by atoms with E-state index >= 15 is 0 Å². The summed E-state index contributed by atoms with van der Waals surface area (Å²) in [7, 11) is 0. The Labute approximate surface area is 125 Å². The first-order chi connectivity index (χ1) is 9.36. The molecule has 20 heavy (non-hydrogen) atoms. The van der Waals surface area contributed by atoms with Crippen molar-refractivity contribution in [2.24, 2.45) is 0 Å². The average molecular weight is 297 g/mol. The van der Waals surface area contributed by atoms with E-state index in [-0.39, 0.29) is 24.4 Å². The molecule has 1 unspecified atom stereocenters. The Bertz CT molecular complexity index is 503. The first-order valence-corrected chi connectivity index (χ1v) is 7.07. The van der Waals surface area contributed by atoms with E-state index in [1.165, 1.54) is 11.8 Å². The molecule has 0 spiro atoms. The number of carbonyl (C=O) groups is 2. The molecule has 1 atom stereocenters. The Morgan fingerprint density at radius 3 is 2.60 bits per heavy atom. The molecule has 2 amide bonds. The molecule has 110 valence electrons. The highest BCUT2D eigenvalue weighted by Crippen LogP contribution is 2.26. The average Bonchev–Trinajstić information content (AvgIpc) is 2.39. The van der Waals surface area contributed by atoms with Crippen LogP contribution in [0, 0.1) is 6.92 Å². The van der Waals surface area contributed by atoms with Crippen LogP contribution >= 0.6 is 11.6 Å². The van der Waals surface area contributed by atoms with Crippen molar-refractivity contribution in [3.63, 3.8) is 0 Å². The molecule has 0 heterocycles. The summed E-state index contributed by atoms with van der Waals surface area (Å²) in [6.45, 7) is 7.20. The van der Waals surface area contributed by atoms with Gasteiger partial charge in [-0.05, 0) is 38.0 Å². The Morgan fingerprint density at radius 1 is 1.40 bits per heavy atom. The fraction of sp³-hybridized carbons (Fsp3) is 0.467. The summed E-state index contributed by atoms with van der Waals surface area (Å²) in [5.41, 5.74) is 1.46. The number of hydrogen-bond donors (Lipinski definition) is 1. The molecule has 1 aromatic rings. The van der Waals surface area contributed by atoms with Gasteiger partial charge in [0.05, 0.1) is 0 Å². The van der Waals surface area contributed by atoms with Crippen LogP contribution < -0.4 is 10.2 Å². The van der Waals surface area contributed by atoms with Gasteiger partial charge in [0, 0.05) is 23.7 Å². The van der Waals surface area contributed by atoms with Gasteiger partial charge >= 0.3 is 0 Å². The minimum Gasteiger partial charge on any atom is -0.352 e. The fourth-order valence-corrected chi connectivity index (χ4v) is 1.99. The van der Waals surface area contributed by atoms with Gasteiger partial charge in [0.15, 0.2) is 0 Å². The summed E-state index contributed by atoms with van der Waals surface area (Å²) >= 11 is 6.07. The normalized spacial score (nSPS) is 11.8. The monoisotopic (exact) mass is 296 g/mol. The van der Waals surface area contributed by atoms with E-state index in [0.29, 0.717) is 10.7 Å². The van der Waals surface area contributed by atoms with Crippen molar-refractivity contribution in [1.82, 2.24) is 5.32 Å². The summed E-state index contributed by atoms with van der Waals surface area (Å²) in [6, 6.07) is 5.42. The van der Waals surface area contributed by atoms with E-state index in [9.17, 15) is 9.59 Å². The fourth-order valence-electron chi connectivity index (χ4n) is 1.82. The molecule has 1 N–H and O–H groups in total. The predicted octanol–water partition coefficient (Wildman–Crippen LogP) is 2.92. The highest BCUT2D eigenvalue weighted by molar-refractivity contribution is 6.31. The zero-order chi connectivity index (χ0) is 15.3. The molecule has 0 radical (unpaired) electrons. The van der Waals surface area contributed by atoms with Crippen molar-refractivity contribution in [3.8, 4) is 0 Å². The first-order valence-electron chi connectivity index (χ1n) is 6.69. The summed E-state index contributed by atoms with van der Waals surface area (Å²) in [5, 5.41) is 3.43. The third-order valence-corrected chi connectivity index (χ3v) is 3.64. The molecule has 0 aliphatic rings. The number of nitrogens with one attached hydrogen (secondary N) is 1. The van der Waals surface area contributed by atoms with Gasteiger partial charge in [-0.1, -0.05) is 24.6 Å². The van der Waals surface area contributed by atoms with Gasteiger partial charge in [-0.25, -0.2) is 0 Å². The lowest BCUT2D eigenvalue weighted by atomic mass is 10.1. The van der Waals surface area contributed by atoms with Crippen LogP contribution in [0.1, 0.15) is 32.8 Å². The first kappa shape index (κ1) is 16.5. The maximum atomic E-state index is 12.0. The third-order valence-electron chi connectivity index (χ3n) is 3.23. The number of amides is 2. The van der Waals surface area contributed by atoms with Crippen LogP contribution in [0.4, 0.5) is 5.69 Å². The highest BCUT2D eigenvalue weighted by Gasteiger charge is 2.19. The number of nitrogens with zero attached hydrogens (tertiary/aromatic N) is 1. The van der Waals surface area contributed by atoms with Crippen molar-refractivity contribution >= 4 is 29.1 Å². The van der Waals surface area contributed by atoms with Crippen molar-refractivity contribution in [2.75, 3.05) is 11.4 Å². The molecule has 0 aliphatic carbocycles. The van der Waals surface area contributed by atoms with E-state index in [1.54, 1.807) is 18.2 Å². The van der Waals surface area contributed by atoms with Crippen LogP contribution in [0.5, 0.6) is 0 Å². The summed E-state index contributed by atoms with van der Waals surface area (Å²) in [4.78, 5) is 25.2. The molecule has 0 aromatic heterocycles. The predicted molar refractivity (Wildman–Crippen MR) is 82.1 cm³/mol. The van der Waals surface area contributed by atoms with Crippen molar-refractivity contribution in [1.29, 1.82) is 0 Å². The van der Waals surface area contributed by atoms with Crippen LogP contribution in [0.2, 0.25) is 5.02 Å². The molecular weight excluding hydrogens is 276 g/mol. The quantitative estimate of drug-likeness (QED) is 0.908. The van der Waals surface area contributed by atoms with E-state index < -0.39 is 0 Å². The minimum absolute atomic E-state index is 0.000849. The van der Waals surface area contributed by atoms with Crippen LogP contribution in [-0.2, 0) is 9.59 Å². The minimum atomic E-state index is -0.185. The van der Waals surface area contributed by atoms with Crippen molar-refractivity contribution in [3.05, 3.63) is 28.8 Å². The van der Waals surface area contributed by atoms with Gasteiger partial charge in [0.1, 0.15) is 6.54 Å². The molecular formula is C15H21ClN2O2. The zero-order valence-electron chi connectivity index (χ0n) is 12.4. The number of hydrogen-bond acceptors (Lipinski definition) is 2. The van der Waals surface area contributed by atoms with Gasteiger partial charge in [0.2, 0.25) is 11.8 Å². The van der Waals surface area contributed by atoms with Crippen molar-refractivity contribution < 1.29 is 9.59 Å². The Morgan fingerprint density at radius 2 is 2.05 bits per heavy atom. The van der Waals surface area contributed by atoms with Crippen LogP contribution in [0.25, 0.3) is 0 Å². The van der Waals surface area contributed by atoms with E-state index in [4.69, 9.17) is 11.6 Å². The molecule has 0 aliphatic heterocycles. The van der Waals surface area contributed by atoms with Gasteiger partial charge in [-0.2, -0.15) is 0 Å². The summed E-state index contributed by atoms with van der Waals surface area (Å²) in [5.74, 6) is -0.358. The second-order valence-electron chi connectivity index (χ2n) is 4.87. The van der Waals surface area contributed by atoms with Crippen LogP contribution in [0.15, 0.2) is 18.2 Å². The molecule has 1 rings (SSSR count). The molecule has 4 nitrogen and oxygen atoms in total. The highest BCUT2D eigenvalue weighted by atomic mass is 35.5. The summed E-state index contributed by atoms with van der Waals surface area (Å²) in [6.07, 6.45) is 0.849. The maximum absolute atomic E-state index is 12.0. The molecule has 0 saturated carbocycles. The van der Waals surface area contributed by atoms with Gasteiger partial charge in [0.25, 0.3) is 0 Å². The van der Waals surface area contributed by atoms with Gasteiger partial charge < -0.3 is 10.2 Å². The Balaban J connectivity index is 2.93. The molecule has 0 fully saturated rings. The standard InChI is InChI=1S/C15H21ClN2O2/c1-5-10(2)17-15(20)9-18(12(4)19)14-8-6-7-13(16)11(14)3/h6-8,10H,5,9H2,1-4H3,(H,17,20). The number of rotatable bonds is 5. The lowest BCUT2D eigenvalue weighted by Crippen LogP contribution is -2.43. The van der Waals surface area contributed by atoms with E-state index in [2.05, 4.69) is 5.32 Å². The lowest BCUT2D eigenvalue weighted by molar-refractivity contribution is -0.123. The second kappa shape index (κ2) is 7.29. The smallest absolute Gasteiger partial charge is 0.240 e. The van der Waals surface area contributed by atoms with Gasteiger partial charge in [-0.3, -0.25) is 9.59 Å². The van der Waals surface area contributed by atoms with Crippen LogP contribution in [-0.4, -0.2) is 24.4 Å². The molecule has 0 bridgehead atoms. The van der Waals surface area contributed by atoms with Crippen molar-refractivity contribution in [2.45, 2.75) is 40.2 Å². The Kier molecular flexibility index (Phi) is 6.02. The zero-order valence-corrected chi connectivity index (χ0v) is 13.1. The van der Waals surface area contributed by atoms with Crippen LogP contribution in [0.3, 0.4) is 0 Å². The molecule has 0 saturated heterocycles. The second-order valence-corrected chi connectivity index (χ2v) is 5.27. The lowest BCUT2D eigenvalue weighted by Gasteiger charge is -2.24. The molecule has 5 heteroatoms. The topological polar surface area (TPSA) is 49.4 Å². The number of anilines is 1. The maximum Gasteiger partial charge on any atom is 0.240 e.